The Morgan fingerprint density at radius 1 is 1.19 bits per heavy atom. The van der Waals surface area contributed by atoms with E-state index in [1.165, 1.54) is 12.2 Å². The minimum absolute atomic E-state index is 0.248. The van der Waals surface area contributed by atoms with E-state index in [1.54, 1.807) is 27.7 Å². The number of hydrogen-bond acceptors (Lipinski definition) is 5. The van der Waals surface area contributed by atoms with Crippen LogP contribution >= 0.6 is 0 Å². The molecular weight excluding hydrogens is 274 g/mol. The average molecular weight is 293 g/mol. The number of H-pyrrole nitrogens is 1. The van der Waals surface area contributed by atoms with E-state index < -0.39 is 11.9 Å². The van der Waals surface area contributed by atoms with Gasteiger partial charge in [-0.3, -0.25) is 4.79 Å². The number of allylic oxidation sites excluding steroid dienone is 1. The zero-order valence-electron chi connectivity index (χ0n) is 12.6. The second-order valence-electron chi connectivity index (χ2n) is 4.38. The summed E-state index contributed by atoms with van der Waals surface area (Å²) >= 11 is 0. The van der Waals surface area contributed by atoms with E-state index in [1.807, 2.05) is 0 Å². The van der Waals surface area contributed by atoms with Gasteiger partial charge in [0.25, 0.3) is 0 Å². The van der Waals surface area contributed by atoms with Crippen LogP contribution < -0.4 is 0 Å². The smallest absolute Gasteiger partial charge is 0.355 e. The maximum Gasteiger partial charge on any atom is 0.355 e. The molecule has 0 saturated carbocycles. The van der Waals surface area contributed by atoms with E-state index in [4.69, 9.17) is 9.47 Å². The van der Waals surface area contributed by atoms with Gasteiger partial charge in [-0.05, 0) is 33.3 Å². The maximum absolute atomic E-state index is 12.1. The fraction of sp³-hybridized carbons (Fsp3) is 0.400. The van der Waals surface area contributed by atoms with Gasteiger partial charge in [-0.2, -0.15) is 0 Å². The first kappa shape index (κ1) is 16.7. The Hall–Kier alpha value is -2.37. The van der Waals surface area contributed by atoms with Crippen molar-refractivity contribution in [1.29, 1.82) is 0 Å². The van der Waals surface area contributed by atoms with Crippen molar-refractivity contribution in [2.45, 2.75) is 27.7 Å². The Balaban J connectivity index is 2.90. The minimum Gasteiger partial charge on any atom is -0.461 e. The molecule has 1 aromatic heterocycles. The number of esters is 2. The van der Waals surface area contributed by atoms with E-state index in [2.05, 4.69) is 4.98 Å². The molecule has 21 heavy (non-hydrogen) atoms. The number of Topliss-reactive ketones (excluding diaryl/α,β-unsaturated/α-hetero) is 1. The molecule has 6 heteroatoms. The molecule has 0 unspecified atom stereocenters. The van der Waals surface area contributed by atoms with Gasteiger partial charge in [0, 0.05) is 17.3 Å². The molecule has 6 nitrogen and oxygen atoms in total. The summed E-state index contributed by atoms with van der Waals surface area (Å²) in [5.74, 6) is -1.46. The number of nitrogens with one attached hydrogen (secondary N) is 1. The van der Waals surface area contributed by atoms with Crippen molar-refractivity contribution in [2.75, 3.05) is 13.2 Å². The van der Waals surface area contributed by atoms with Gasteiger partial charge in [0.2, 0.25) is 5.78 Å². The molecule has 0 fully saturated rings. The Bertz CT molecular complexity index is 583. The predicted octanol–water partition coefficient (Wildman–Crippen LogP) is 2.11. The lowest BCUT2D eigenvalue weighted by Crippen LogP contribution is -2.14. The zero-order valence-corrected chi connectivity index (χ0v) is 12.6. The van der Waals surface area contributed by atoms with Gasteiger partial charge in [-0.25, -0.2) is 9.59 Å². The summed E-state index contributed by atoms with van der Waals surface area (Å²) in [6, 6.07) is 0. The van der Waals surface area contributed by atoms with Gasteiger partial charge >= 0.3 is 11.9 Å². The molecule has 0 aliphatic heterocycles. The second-order valence-corrected chi connectivity index (χ2v) is 4.38. The highest BCUT2D eigenvalue weighted by atomic mass is 16.5. The summed E-state index contributed by atoms with van der Waals surface area (Å²) in [5.41, 5.74) is 1.64. The van der Waals surface area contributed by atoms with E-state index in [0.717, 1.165) is 0 Å². The van der Waals surface area contributed by atoms with Crippen molar-refractivity contribution in [3.8, 4) is 0 Å². The number of rotatable bonds is 6. The van der Waals surface area contributed by atoms with Crippen LogP contribution in [0.2, 0.25) is 0 Å². The molecule has 0 aliphatic carbocycles. The highest BCUT2D eigenvalue weighted by Crippen LogP contribution is 2.19. The number of carbonyl (C=O) groups is 3. The Morgan fingerprint density at radius 3 is 2.43 bits per heavy atom. The molecular formula is C15H19NO5. The van der Waals surface area contributed by atoms with Crippen molar-refractivity contribution < 1.29 is 23.9 Å². The molecule has 1 aromatic rings. The third-order valence-corrected chi connectivity index (χ3v) is 2.84. The van der Waals surface area contributed by atoms with Crippen LogP contribution in [0.25, 0.3) is 0 Å². The SMILES string of the molecule is C/C=C/C(=O)OCC(=O)c1c(C)[nH]c(C(=O)OCC)c1C. The molecule has 0 amide bonds. The van der Waals surface area contributed by atoms with Crippen LogP contribution in [-0.4, -0.2) is 35.9 Å². The predicted molar refractivity (Wildman–Crippen MR) is 76.3 cm³/mol. The molecule has 0 saturated heterocycles. The monoisotopic (exact) mass is 293 g/mol. The quantitative estimate of drug-likeness (QED) is 0.493. The summed E-state index contributed by atoms with van der Waals surface area (Å²) in [7, 11) is 0. The summed E-state index contributed by atoms with van der Waals surface area (Å²) < 4.78 is 9.73. The van der Waals surface area contributed by atoms with Gasteiger partial charge in [0.15, 0.2) is 6.61 Å². The highest BCUT2D eigenvalue weighted by Gasteiger charge is 2.23. The number of hydrogen-bond donors (Lipinski definition) is 1. The lowest BCUT2D eigenvalue weighted by Gasteiger charge is -2.03. The number of aromatic nitrogens is 1. The number of aromatic amines is 1. The number of ether oxygens (including phenoxy) is 2. The number of carbonyl (C=O) groups excluding carboxylic acids is 3. The van der Waals surface area contributed by atoms with Crippen LogP contribution in [0.15, 0.2) is 12.2 Å². The zero-order chi connectivity index (χ0) is 16.0. The van der Waals surface area contributed by atoms with Crippen LogP contribution in [0, 0.1) is 13.8 Å². The Labute approximate surface area is 123 Å². The lowest BCUT2D eigenvalue weighted by molar-refractivity contribution is -0.136. The molecule has 0 aliphatic rings. The molecule has 0 spiro atoms. The van der Waals surface area contributed by atoms with Crippen LogP contribution in [0.4, 0.5) is 0 Å². The Kier molecular flexibility index (Phi) is 5.90. The molecule has 0 radical (unpaired) electrons. The van der Waals surface area contributed by atoms with Crippen molar-refractivity contribution in [1.82, 2.24) is 4.98 Å². The van der Waals surface area contributed by atoms with Crippen LogP contribution in [-0.2, 0) is 14.3 Å². The molecule has 0 atom stereocenters. The van der Waals surface area contributed by atoms with Crippen molar-refractivity contribution in [3.05, 3.63) is 34.7 Å². The molecule has 0 aromatic carbocycles. The highest BCUT2D eigenvalue weighted by molar-refractivity contribution is 6.03. The average Bonchev–Trinajstić information content (AvgIpc) is 2.72. The topological polar surface area (TPSA) is 85.5 Å². The van der Waals surface area contributed by atoms with Gasteiger partial charge in [0.1, 0.15) is 5.69 Å². The van der Waals surface area contributed by atoms with E-state index in [0.29, 0.717) is 16.8 Å². The summed E-state index contributed by atoms with van der Waals surface area (Å²) in [6.45, 7) is 6.59. The van der Waals surface area contributed by atoms with Crippen molar-refractivity contribution in [2.24, 2.45) is 0 Å². The first-order chi connectivity index (χ1) is 9.92. The lowest BCUT2D eigenvalue weighted by atomic mass is 10.1. The van der Waals surface area contributed by atoms with Gasteiger partial charge in [-0.1, -0.05) is 6.08 Å². The second kappa shape index (κ2) is 7.42. The van der Waals surface area contributed by atoms with E-state index in [9.17, 15) is 14.4 Å². The first-order valence-electron chi connectivity index (χ1n) is 6.61. The molecule has 1 N–H and O–H groups in total. The van der Waals surface area contributed by atoms with Crippen molar-refractivity contribution in [3.63, 3.8) is 0 Å². The normalized spacial score (nSPS) is 10.7. The summed E-state index contributed by atoms with van der Waals surface area (Å²) in [4.78, 5) is 37.9. The third kappa shape index (κ3) is 4.05. The van der Waals surface area contributed by atoms with Gasteiger partial charge in [-0.15, -0.1) is 0 Å². The van der Waals surface area contributed by atoms with E-state index >= 15 is 0 Å². The van der Waals surface area contributed by atoms with Gasteiger partial charge in [0.05, 0.1) is 6.61 Å². The van der Waals surface area contributed by atoms with E-state index in [-0.39, 0.29) is 24.7 Å². The van der Waals surface area contributed by atoms with Crippen LogP contribution in [0.5, 0.6) is 0 Å². The first-order valence-corrected chi connectivity index (χ1v) is 6.61. The molecule has 0 bridgehead atoms. The van der Waals surface area contributed by atoms with Crippen LogP contribution in [0.1, 0.15) is 46.0 Å². The summed E-state index contributed by atoms with van der Waals surface area (Å²) in [5, 5.41) is 0. The van der Waals surface area contributed by atoms with Gasteiger partial charge < -0.3 is 14.5 Å². The largest absolute Gasteiger partial charge is 0.461 e. The maximum atomic E-state index is 12.1. The summed E-state index contributed by atoms with van der Waals surface area (Å²) in [6.07, 6.45) is 2.76. The fourth-order valence-corrected chi connectivity index (χ4v) is 1.97. The van der Waals surface area contributed by atoms with Crippen LogP contribution in [0.3, 0.4) is 0 Å². The number of aryl methyl sites for hydroxylation is 1. The third-order valence-electron chi connectivity index (χ3n) is 2.84. The molecule has 1 rings (SSSR count). The van der Waals surface area contributed by atoms with Crippen molar-refractivity contribution >= 4 is 17.7 Å². The standard InChI is InChI=1S/C15H19NO5/c1-5-7-12(18)21-8-11(17)13-9(3)14(16-10(13)4)15(19)20-6-2/h5,7,16H,6,8H2,1-4H3/b7-5+. The number of ketones is 1. The fourth-order valence-electron chi connectivity index (χ4n) is 1.97. The minimum atomic E-state index is -0.581. The molecule has 114 valence electrons. The molecule has 1 heterocycles. The Morgan fingerprint density at radius 2 is 1.86 bits per heavy atom.